The number of ketones is 1. The van der Waals surface area contributed by atoms with Crippen molar-refractivity contribution >= 4 is 21.7 Å². The average Bonchev–Trinajstić information content (AvgIpc) is 3.02. The molecule has 0 aromatic carbocycles. The molecule has 0 aromatic heterocycles. The number of carbonyl (C=O) groups excluding carboxylic acids is 1. The lowest BCUT2D eigenvalue weighted by Crippen LogP contribution is -2.49. The lowest BCUT2D eigenvalue weighted by molar-refractivity contribution is -0.128. The van der Waals surface area contributed by atoms with Crippen molar-refractivity contribution in [2.45, 2.75) is 71.6 Å². The minimum Gasteiger partial charge on any atom is -0.381 e. The lowest BCUT2D eigenvalue weighted by Gasteiger charge is -2.56. The van der Waals surface area contributed by atoms with Gasteiger partial charge in [0.15, 0.2) is 0 Å². The fourth-order valence-electron chi connectivity index (χ4n) is 8.01. The molecule has 0 N–H and O–H groups in total. The molecule has 0 aromatic rings. The van der Waals surface area contributed by atoms with Gasteiger partial charge < -0.3 is 4.74 Å². The fourth-order valence-corrected chi connectivity index (χ4v) is 8.40. The number of fused-ring (bicyclic) bond motifs is 5. The van der Waals surface area contributed by atoms with Gasteiger partial charge in [-0.15, -0.1) is 0 Å². The summed E-state index contributed by atoms with van der Waals surface area (Å²) < 4.78 is 5.74. The number of ether oxygens (including phenoxy) is 1. The standard InChI is InChI=1S/C23H37BrO2/c1-3-26-14-15-4-6-17-16(12-15)5-7-19-18(17)10-11-23(2)20(19)8-9-21(23)22(25)13-24/h15-21H,3-14H2,1-2H3. The van der Waals surface area contributed by atoms with E-state index in [2.05, 4.69) is 29.8 Å². The Balaban J connectivity index is 1.45. The molecular weight excluding hydrogens is 388 g/mol. The second-order valence-corrected chi connectivity index (χ2v) is 10.6. The zero-order valence-corrected chi connectivity index (χ0v) is 18.3. The Morgan fingerprint density at radius 1 is 1.04 bits per heavy atom. The molecule has 2 nitrogen and oxygen atoms in total. The Labute approximate surface area is 168 Å². The van der Waals surface area contributed by atoms with E-state index in [1.54, 1.807) is 0 Å². The van der Waals surface area contributed by atoms with Crippen molar-refractivity contribution in [2.75, 3.05) is 18.5 Å². The summed E-state index contributed by atoms with van der Waals surface area (Å²) in [7, 11) is 0. The van der Waals surface area contributed by atoms with Crippen LogP contribution in [-0.2, 0) is 9.53 Å². The first-order chi connectivity index (χ1) is 12.6. The first-order valence-corrected chi connectivity index (χ1v) is 12.4. The maximum absolute atomic E-state index is 12.5. The summed E-state index contributed by atoms with van der Waals surface area (Å²) in [5.41, 5.74) is 0.297. The van der Waals surface area contributed by atoms with E-state index in [1.165, 1.54) is 51.4 Å². The molecule has 0 heterocycles. The van der Waals surface area contributed by atoms with E-state index in [0.717, 1.165) is 55.1 Å². The highest BCUT2D eigenvalue weighted by atomic mass is 79.9. The maximum atomic E-state index is 12.5. The Hall–Kier alpha value is 0.110. The van der Waals surface area contributed by atoms with Crippen LogP contribution in [0.15, 0.2) is 0 Å². The fraction of sp³-hybridized carbons (Fsp3) is 0.957. The largest absolute Gasteiger partial charge is 0.381 e. The highest BCUT2D eigenvalue weighted by molar-refractivity contribution is 9.09. The van der Waals surface area contributed by atoms with Crippen LogP contribution in [0.2, 0.25) is 0 Å². The highest BCUT2D eigenvalue weighted by Crippen LogP contribution is 2.64. The minimum absolute atomic E-state index is 0.297. The third-order valence-electron chi connectivity index (χ3n) is 9.14. The summed E-state index contributed by atoms with van der Waals surface area (Å²) in [5.74, 6) is 6.23. The number of Topliss-reactive ketones (excluding diaryl/α,β-unsaturated/α-hetero) is 1. The summed E-state index contributed by atoms with van der Waals surface area (Å²) in [6, 6.07) is 0. The Morgan fingerprint density at radius 3 is 2.62 bits per heavy atom. The number of carbonyl (C=O) groups is 1. The molecular formula is C23H37BrO2. The molecule has 26 heavy (non-hydrogen) atoms. The number of rotatable bonds is 5. The molecule has 0 amide bonds. The van der Waals surface area contributed by atoms with Gasteiger partial charge in [-0.3, -0.25) is 4.79 Å². The second-order valence-electron chi connectivity index (χ2n) is 10.0. The molecule has 4 rings (SSSR count). The second kappa shape index (κ2) is 7.85. The van der Waals surface area contributed by atoms with Gasteiger partial charge in [0.25, 0.3) is 0 Å². The monoisotopic (exact) mass is 424 g/mol. The van der Waals surface area contributed by atoms with Crippen LogP contribution in [-0.4, -0.2) is 24.3 Å². The number of halogens is 1. The molecule has 4 aliphatic carbocycles. The van der Waals surface area contributed by atoms with Crippen molar-refractivity contribution in [3.63, 3.8) is 0 Å². The number of hydrogen-bond donors (Lipinski definition) is 0. The van der Waals surface area contributed by atoms with Crippen molar-refractivity contribution in [3.05, 3.63) is 0 Å². The molecule has 0 bridgehead atoms. The van der Waals surface area contributed by atoms with E-state index in [1.807, 2.05) is 0 Å². The van der Waals surface area contributed by atoms with Crippen molar-refractivity contribution in [1.29, 1.82) is 0 Å². The van der Waals surface area contributed by atoms with Crippen molar-refractivity contribution < 1.29 is 9.53 Å². The predicted octanol–water partition coefficient (Wildman–Crippen LogP) is 5.87. The van der Waals surface area contributed by atoms with Gasteiger partial charge in [0.1, 0.15) is 5.78 Å². The molecule has 0 aliphatic heterocycles. The Kier molecular flexibility index (Phi) is 5.87. The maximum Gasteiger partial charge on any atom is 0.147 e. The van der Waals surface area contributed by atoms with Crippen LogP contribution < -0.4 is 0 Å². The van der Waals surface area contributed by atoms with Gasteiger partial charge in [0, 0.05) is 19.1 Å². The summed E-state index contributed by atoms with van der Waals surface area (Å²) in [5, 5.41) is 0.556. The topological polar surface area (TPSA) is 26.3 Å². The van der Waals surface area contributed by atoms with Crippen molar-refractivity contribution in [2.24, 2.45) is 46.8 Å². The summed E-state index contributed by atoms with van der Waals surface area (Å²) in [4.78, 5) is 12.5. The first-order valence-electron chi connectivity index (χ1n) is 11.2. The van der Waals surface area contributed by atoms with Crippen LogP contribution in [0.3, 0.4) is 0 Å². The molecule has 4 saturated carbocycles. The number of hydrogen-bond acceptors (Lipinski definition) is 2. The third-order valence-corrected chi connectivity index (χ3v) is 9.69. The van der Waals surface area contributed by atoms with Crippen molar-refractivity contribution in [1.82, 2.24) is 0 Å². The van der Waals surface area contributed by atoms with E-state index in [-0.39, 0.29) is 0 Å². The molecule has 4 aliphatic rings. The quantitative estimate of drug-likeness (QED) is 0.515. The van der Waals surface area contributed by atoms with Gasteiger partial charge in [-0.2, -0.15) is 0 Å². The minimum atomic E-state index is 0.297. The molecule has 8 atom stereocenters. The molecule has 148 valence electrons. The van der Waals surface area contributed by atoms with Gasteiger partial charge in [0.2, 0.25) is 0 Å². The molecule has 8 unspecified atom stereocenters. The molecule has 0 spiro atoms. The zero-order chi connectivity index (χ0) is 18.3. The molecule has 4 fully saturated rings. The third kappa shape index (κ3) is 3.23. The average molecular weight is 425 g/mol. The van der Waals surface area contributed by atoms with Crippen LogP contribution in [0.4, 0.5) is 0 Å². The van der Waals surface area contributed by atoms with Crippen LogP contribution >= 0.6 is 15.9 Å². The molecule has 0 radical (unpaired) electrons. The van der Waals surface area contributed by atoms with Gasteiger partial charge >= 0.3 is 0 Å². The SMILES string of the molecule is CCOCC1CCC2C(CCC3C2CCC2(C)C(C(=O)CBr)CCC32)C1. The number of alkyl halides is 1. The smallest absolute Gasteiger partial charge is 0.147 e. The van der Waals surface area contributed by atoms with E-state index in [4.69, 9.17) is 4.74 Å². The lowest BCUT2D eigenvalue weighted by atomic mass is 9.49. The van der Waals surface area contributed by atoms with Crippen LogP contribution in [0, 0.1) is 46.8 Å². The van der Waals surface area contributed by atoms with E-state index in [9.17, 15) is 4.79 Å². The molecule has 3 heteroatoms. The first kappa shape index (κ1) is 19.4. The van der Waals surface area contributed by atoms with E-state index < -0.39 is 0 Å². The summed E-state index contributed by atoms with van der Waals surface area (Å²) in [6.07, 6.45) is 12.3. The van der Waals surface area contributed by atoms with Crippen LogP contribution in [0.25, 0.3) is 0 Å². The zero-order valence-electron chi connectivity index (χ0n) is 16.7. The van der Waals surface area contributed by atoms with Gasteiger partial charge in [0.05, 0.1) is 5.33 Å². The van der Waals surface area contributed by atoms with Gasteiger partial charge in [-0.1, -0.05) is 22.9 Å². The molecule has 0 saturated heterocycles. The summed E-state index contributed by atoms with van der Waals surface area (Å²) in [6.45, 7) is 6.44. The van der Waals surface area contributed by atoms with Crippen LogP contribution in [0.5, 0.6) is 0 Å². The van der Waals surface area contributed by atoms with Crippen molar-refractivity contribution in [3.8, 4) is 0 Å². The van der Waals surface area contributed by atoms with Gasteiger partial charge in [-0.25, -0.2) is 0 Å². The summed E-state index contributed by atoms with van der Waals surface area (Å²) >= 11 is 3.44. The Morgan fingerprint density at radius 2 is 1.85 bits per heavy atom. The van der Waals surface area contributed by atoms with E-state index in [0.29, 0.717) is 22.4 Å². The predicted molar refractivity (Wildman–Crippen MR) is 109 cm³/mol. The van der Waals surface area contributed by atoms with Gasteiger partial charge in [-0.05, 0) is 106 Å². The normalized spacial score (nSPS) is 47.7. The van der Waals surface area contributed by atoms with E-state index >= 15 is 0 Å². The van der Waals surface area contributed by atoms with Crippen LogP contribution in [0.1, 0.15) is 71.6 Å². The Bertz CT molecular complexity index is 520. The highest BCUT2D eigenvalue weighted by Gasteiger charge is 2.58.